The van der Waals surface area contributed by atoms with Gasteiger partial charge in [-0.15, -0.1) is 0 Å². The van der Waals surface area contributed by atoms with E-state index in [2.05, 4.69) is 20.1 Å². The van der Waals surface area contributed by atoms with Crippen molar-refractivity contribution in [1.29, 1.82) is 0 Å². The van der Waals surface area contributed by atoms with Crippen LogP contribution in [0, 0.1) is 0 Å². The first-order chi connectivity index (χ1) is 14.6. The van der Waals surface area contributed by atoms with Crippen LogP contribution in [0.25, 0.3) is 33.4 Å². The molecule has 3 N–H and O–H groups in total. The zero-order chi connectivity index (χ0) is 20.7. The fraction of sp³-hybridized carbons (Fsp3) is 0.182. The minimum atomic E-state index is -0.129. The molecule has 1 aliphatic heterocycles. The van der Waals surface area contributed by atoms with E-state index in [1.807, 2.05) is 36.4 Å². The van der Waals surface area contributed by atoms with Crippen molar-refractivity contribution in [1.82, 2.24) is 25.1 Å². The Morgan fingerprint density at radius 3 is 2.60 bits per heavy atom. The van der Waals surface area contributed by atoms with Crippen LogP contribution >= 0.6 is 11.6 Å². The monoisotopic (exact) mass is 418 g/mol. The van der Waals surface area contributed by atoms with Crippen LogP contribution in [0.2, 0.25) is 5.02 Å². The Labute approximate surface area is 177 Å². The molecule has 2 aromatic heterocycles. The Hall–Kier alpha value is -3.29. The molecular weight excluding hydrogens is 400 g/mol. The van der Waals surface area contributed by atoms with E-state index in [1.54, 1.807) is 12.3 Å². The molecule has 0 unspecified atom stereocenters. The molecule has 1 saturated heterocycles. The number of hydrogen-bond donors (Lipinski definition) is 2. The number of aromatic nitrogens is 4. The number of nitrogen functional groups attached to an aromatic ring is 1. The molecule has 1 fully saturated rings. The summed E-state index contributed by atoms with van der Waals surface area (Å²) in [6.45, 7) is 2.13. The lowest BCUT2D eigenvalue weighted by Gasteiger charge is -2.29. The highest BCUT2D eigenvalue weighted by molar-refractivity contribution is 6.35. The van der Waals surface area contributed by atoms with Crippen molar-refractivity contribution in [3.05, 3.63) is 59.4 Å². The molecule has 0 radical (unpaired) electrons. The number of aromatic amines is 1. The molecule has 30 heavy (non-hydrogen) atoms. The maximum Gasteiger partial charge on any atom is 0.198 e. The van der Waals surface area contributed by atoms with Crippen LogP contribution < -0.4 is 5.73 Å². The number of halogens is 1. The van der Waals surface area contributed by atoms with Gasteiger partial charge in [0.25, 0.3) is 0 Å². The highest BCUT2D eigenvalue weighted by atomic mass is 35.5. The Morgan fingerprint density at radius 2 is 1.87 bits per heavy atom. The van der Waals surface area contributed by atoms with Crippen molar-refractivity contribution in [2.75, 3.05) is 25.4 Å². The largest absolute Gasteiger partial charge is 0.382 e. The third-order valence-corrected chi connectivity index (χ3v) is 5.62. The van der Waals surface area contributed by atoms with Crippen LogP contribution in [0.5, 0.6) is 0 Å². The number of fused-ring (bicyclic) bond motifs is 1. The molecule has 0 saturated carbocycles. The van der Waals surface area contributed by atoms with E-state index < -0.39 is 0 Å². The van der Waals surface area contributed by atoms with Gasteiger partial charge >= 0.3 is 0 Å². The summed E-state index contributed by atoms with van der Waals surface area (Å²) < 4.78 is 0. The van der Waals surface area contributed by atoms with Crippen molar-refractivity contribution in [2.24, 2.45) is 0 Å². The van der Waals surface area contributed by atoms with Gasteiger partial charge in [0.2, 0.25) is 0 Å². The minimum Gasteiger partial charge on any atom is -0.382 e. The number of nitrogens with zero attached hydrogens (tertiary/aromatic N) is 4. The van der Waals surface area contributed by atoms with Gasteiger partial charge in [-0.25, -0.2) is 9.97 Å². The summed E-state index contributed by atoms with van der Waals surface area (Å²) >= 11 is 6.46. The van der Waals surface area contributed by atoms with Crippen molar-refractivity contribution in [2.45, 2.75) is 6.42 Å². The number of nitrogens with one attached hydrogen (secondary N) is 1. The SMILES string of the molecule is Nc1nc(-c2ccccc2)c(-c2cc(Cl)c3[nH]ncc3c2)nc1C(=O)CN1CCC1. The highest BCUT2D eigenvalue weighted by Crippen LogP contribution is 2.35. The number of nitrogens with two attached hydrogens (primary N) is 1. The zero-order valence-corrected chi connectivity index (χ0v) is 16.9. The van der Waals surface area contributed by atoms with Gasteiger partial charge in [0.1, 0.15) is 0 Å². The summed E-state index contributed by atoms with van der Waals surface area (Å²) in [6.07, 6.45) is 2.81. The smallest absolute Gasteiger partial charge is 0.198 e. The summed E-state index contributed by atoms with van der Waals surface area (Å²) in [5.41, 5.74) is 9.91. The van der Waals surface area contributed by atoms with Crippen LogP contribution in [0.15, 0.2) is 48.7 Å². The summed E-state index contributed by atoms with van der Waals surface area (Å²) in [7, 11) is 0. The number of carbonyl (C=O) groups excluding carboxylic acids is 1. The molecule has 4 aromatic rings. The van der Waals surface area contributed by atoms with Crippen molar-refractivity contribution in [3.8, 4) is 22.5 Å². The van der Waals surface area contributed by atoms with Gasteiger partial charge in [0, 0.05) is 16.5 Å². The van der Waals surface area contributed by atoms with Crippen LogP contribution in [0.3, 0.4) is 0 Å². The lowest BCUT2D eigenvalue weighted by molar-refractivity contribution is 0.0871. The average Bonchev–Trinajstić information content (AvgIpc) is 3.20. The van der Waals surface area contributed by atoms with Crippen molar-refractivity contribution >= 4 is 34.1 Å². The van der Waals surface area contributed by atoms with Gasteiger partial charge in [-0.3, -0.25) is 14.8 Å². The molecule has 0 aliphatic carbocycles. The average molecular weight is 419 g/mol. The van der Waals surface area contributed by atoms with Gasteiger partial charge < -0.3 is 5.73 Å². The second kappa shape index (κ2) is 7.51. The second-order valence-corrected chi connectivity index (χ2v) is 7.77. The molecule has 0 atom stereocenters. The van der Waals surface area contributed by atoms with Gasteiger partial charge in [0.15, 0.2) is 17.3 Å². The topological polar surface area (TPSA) is 101 Å². The minimum absolute atomic E-state index is 0.129. The Kier molecular flexibility index (Phi) is 4.69. The summed E-state index contributed by atoms with van der Waals surface area (Å²) in [6, 6.07) is 13.4. The molecule has 0 bridgehead atoms. The first kappa shape index (κ1) is 18.7. The van der Waals surface area contributed by atoms with Crippen LogP contribution in [0.1, 0.15) is 16.9 Å². The lowest BCUT2D eigenvalue weighted by Crippen LogP contribution is -2.41. The Morgan fingerprint density at radius 1 is 1.10 bits per heavy atom. The third kappa shape index (κ3) is 3.32. The first-order valence-electron chi connectivity index (χ1n) is 9.71. The van der Waals surface area contributed by atoms with E-state index in [9.17, 15) is 4.79 Å². The van der Waals surface area contributed by atoms with E-state index >= 15 is 0 Å². The third-order valence-electron chi connectivity index (χ3n) is 5.32. The van der Waals surface area contributed by atoms with Gasteiger partial charge in [-0.05, 0) is 31.6 Å². The molecule has 2 aromatic carbocycles. The summed E-state index contributed by atoms with van der Waals surface area (Å²) in [5, 5.41) is 8.32. The fourth-order valence-corrected chi connectivity index (χ4v) is 3.89. The quantitative estimate of drug-likeness (QED) is 0.478. The van der Waals surface area contributed by atoms with Crippen LogP contribution in [-0.4, -0.2) is 50.5 Å². The molecule has 7 nitrogen and oxygen atoms in total. The molecule has 0 spiro atoms. The van der Waals surface area contributed by atoms with E-state index in [1.165, 1.54) is 0 Å². The number of H-pyrrole nitrogens is 1. The Balaban J connectivity index is 1.68. The van der Waals surface area contributed by atoms with E-state index in [4.69, 9.17) is 22.3 Å². The van der Waals surface area contributed by atoms with Gasteiger partial charge in [-0.1, -0.05) is 41.9 Å². The maximum atomic E-state index is 12.9. The standard InChI is InChI=1S/C22H19ClN6O/c23-16-10-14(9-15-11-25-28-18(15)16)20-19(13-5-2-1-3-6-13)27-22(24)21(26-20)17(30)12-29-7-4-8-29/h1-3,5-6,9-11H,4,7-8,12H2,(H2,24,27)(H,25,28). The molecule has 1 aliphatic rings. The van der Waals surface area contributed by atoms with Crippen molar-refractivity contribution in [3.63, 3.8) is 0 Å². The van der Waals surface area contributed by atoms with Gasteiger partial charge in [-0.2, -0.15) is 5.10 Å². The number of ketones is 1. The number of Topliss-reactive ketones (excluding diaryl/α,β-unsaturated/α-hetero) is 1. The Bertz CT molecular complexity index is 1250. The van der Waals surface area contributed by atoms with Crippen LogP contribution in [0.4, 0.5) is 5.82 Å². The van der Waals surface area contributed by atoms with E-state index in [0.717, 1.165) is 41.5 Å². The first-order valence-corrected chi connectivity index (χ1v) is 10.1. The maximum absolute atomic E-state index is 12.9. The van der Waals surface area contributed by atoms with Crippen molar-refractivity contribution < 1.29 is 4.79 Å². The zero-order valence-electron chi connectivity index (χ0n) is 16.1. The predicted molar refractivity (Wildman–Crippen MR) is 117 cm³/mol. The normalized spacial score (nSPS) is 14.0. The number of benzene rings is 2. The second-order valence-electron chi connectivity index (χ2n) is 7.37. The predicted octanol–water partition coefficient (Wildman–Crippen LogP) is 3.81. The summed E-state index contributed by atoms with van der Waals surface area (Å²) in [4.78, 5) is 24.3. The fourth-order valence-electron chi connectivity index (χ4n) is 3.62. The number of carbonyl (C=O) groups is 1. The summed E-state index contributed by atoms with van der Waals surface area (Å²) in [5.74, 6) is 0.00894. The van der Waals surface area contributed by atoms with E-state index in [0.29, 0.717) is 23.0 Å². The van der Waals surface area contributed by atoms with E-state index in [-0.39, 0.29) is 17.3 Å². The molecule has 8 heteroatoms. The number of rotatable bonds is 5. The number of anilines is 1. The molecular formula is C22H19ClN6O. The highest BCUT2D eigenvalue weighted by Gasteiger charge is 2.24. The molecule has 3 heterocycles. The molecule has 5 rings (SSSR count). The molecule has 150 valence electrons. The lowest BCUT2D eigenvalue weighted by atomic mass is 10.0. The molecule has 0 amide bonds. The van der Waals surface area contributed by atoms with Crippen LogP contribution in [-0.2, 0) is 0 Å². The number of hydrogen-bond acceptors (Lipinski definition) is 6. The van der Waals surface area contributed by atoms with Gasteiger partial charge in [0.05, 0.1) is 34.7 Å². The number of likely N-dealkylation sites (tertiary alicyclic amines) is 1.